The number of alkyl halides is 3. The number of aliphatic hydroxyl groups is 1. The van der Waals surface area contributed by atoms with Gasteiger partial charge in [-0.05, 0) is 0 Å². The number of nitrogens with one attached hydrogen (secondary N) is 2. The zero-order valence-electron chi connectivity index (χ0n) is 10.6. The van der Waals surface area contributed by atoms with Crippen LogP contribution in [0.1, 0.15) is 6.92 Å². The van der Waals surface area contributed by atoms with Crippen molar-refractivity contribution in [2.75, 3.05) is 39.3 Å². The lowest BCUT2D eigenvalue weighted by Crippen LogP contribution is -2.44. The maximum absolute atomic E-state index is 12.2. The number of nitrogens with zero attached hydrogens (tertiary/aromatic N) is 1. The molecule has 0 aromatic heterocycles. The molecule has 0 radical (unpaired) electrons. The van der Waals surface area contributed by atoms with Crippen molar-refractivity contribution in [2.24, 2.45) is 0 Å². The number of carbonyl (C=O) groups excluding carboxylic acids is 2. The molecule has 6 nitrogen and oxygen atoms in total. The van der Waals surface area contributed by atoms with Crippen molar-refractivity contribution in [1.29, 1.82) is 0 Å². The van der Waals surface area contributed by atoms with Crippen LogP contribution in [0.15, 0.2) is 0 Å². The van der Waals surface area contributed by atoms with Gasteiger partial charge in [0.25, 0.3) is 0 Å². The number of rotatable bonds is 8. The Bertz CT molecular complexity index is 297. The first-order chi connectivity index (χ1) is 8.74. The third kappa shape index (κ3) is 11.5. The molecule has 0 fully saturated rings. The molecule has 0 spiro atoms. The third-order valence-corrected chi connectivity index (χ3v) is 2.01. The second kappa shape index (κ2) is 8.70. The molecule has 19 heavy (non-hydrogen) atoms. The summed E-state index contributed by atoms with van der Waals surface area (Å²) in [5.74, 6) is -0.851. The first kappa shape index (κ1) is 17.6. The van der Waals surface area contributed by atoms with Crippen molar-refractivity contribution in [3.63, 3.8) is 0 Å². The summed E-state index contributed by atoms with van der Waals surface area (Å²) in [5.41, 5.74) is 0. The molecule has 0 aromatic carbocycles. The van der Waals surface area contributed by atoms with Gasteiger partial charge in [0.2, 0.25) is 11.8 Å². The Kier molecular flexibility index (Phi) is 8.08. The van der Waals surface area contributed by atoms with Crippen molar-refractivity contribution in [3.05, 3.63) is 0 Å². The molecule has 0 rings (SSSR count). The van der Waals surface area contributed by atoms with Gasteiger partial charge in [0.05, 0.1) is 19.7 Å². The van der Waals surface area contributed by atoms with Crippen LogP contribution in [0.25, 0.3) is 0 Å². The minimum absolute atomic E-state index is 0.136. The van der Waals surface area contributed by atoms with Crippen LogP contribution in [0, 0.1) is 0 Å². The van der Waals surface area contributed by atoms with E-state index in [0.717, 1.165) is 4.90 Å². The van der Waals surface area contributed by atoms with Crippen molar-refractivity contribution >= 4 is 11.8 Å². The van der Waals surface area contributed by atoms with Crippen molar-refractivity contribution in [3.8, 4) is 0 Å². The molecule has 0 aliphatic carbocycles. The minimum atomic E-state index is -4.42. The normalized spacial score (nSPS) is 11.5. The van der Waals surface area contributed by atoms with Gasteiger partial charge >= 0.3 is 6.18 Å². The summed E-state index contributed by atoms with van der Waals surface area (Å²) in [6, 6.07) is 0. The lowest BCUT2D eigenvalue weighted by atomic mass is 10.4. The Morgan fingerprint density at radius 2 is 1.79 bits per heavy atom. The van der Waals surface area contributed by atoms with Gasteiger partial charge in [-0.3, -0.25) is 14.5 Å². The van der Waals surface area contributed by atoms with Crippen molar-refractivity contribution < 1.29 is 27.9 Å². The largest absolute Gasteiger partial charge is 0.401 e. The van der Waals surface area contributed by atoms with Crippen LogP contribution in [0.2, 0.25) is 0 Å². The van der Waals surface area contributed by atoms with Gasteiger partial charge in [-0.25, -0.2) is 0 Å². The number of halogens is 3. The van der Waals surface area contributed by atoms with Gasteiger partial charge in [0.15, 0.2) is 0 Å². The highest BCUT2D eigenvalue weighted by molar-refractivity contribution is 5.78. The van der Waals surface area contributed by atoms with Gasteiger partial charge in [-0.1, -0.05) is 0 Å². The second-order valence-corrected chi connectivity index (χ2v) is 3.88. The molecule has 2 amide bonds. The molecule has 3 N–H and O–H groups in total. The van der Waals surface area contributed by atoms with Crippen molar-refractivity contribution in [2.45, 2.75) is 13.1 Å². The smallest absolute Gasteiger partial charge is 0.395 e. The topological polar surface area (TPSA) is 81.7 Å². The molecule has 0 saturated heterocycles. The number of hydrogen-bond donors (Lipinski definition) is 3. The molecular formula is C10H18F3N3O3. The van der Waals surface area contributed by atoms with E-state index >= 15 is 0 Å². The molecule has 0 unspecified atom stereocenters. The fourth-order valence-electron chi connectivity index (χ4n) is 1.31. The zero-order valence-corrected chi connectivity index (χ0v) is 10.6. The summed E-state index contributed by atoms with van der Waals surface area (Å²) in [6.45, 7) is -0.757. The molecular weight excluding hydrogens is 267 g/mol. The summed E-state index contributed by atoms with van der Waals surface area (Å²) in [4.78, 5) is 22.7. The Morgan fingerprint density at radius 1 is 1.21 bits per heavy atom. The van der Waals surface area contributed by atoms with E-state index in [1.165, 1.54) is 6.92 Å². The fraction of sp³-hybridized carbons (Fsp3) is 0.800. The Hall–Kier alpha value is -1.35. The van der Waals surface area contributed by atoms with Gasteiger partial charge in [0.1, 0.15) is 0 Å². The molecule has 0 bridgehead atoms. The molecule has 9 heteroatoms. The predicted molar refractivity (Wildman–Crippen MR) is 61.3 cm³/mol. The van der Waals surface area contributed by atoms with Crippen LogP contribution in [0.4, 0.5) is 13.2 Å². The molecule has 0 aliphatic heterocycles. The van der Waals surface area contributed by atoms with Gasteiger partial charge in [0, 0.05) is 26.6 Å². The van der Waals surface area contributed by atoms with Crippen molar-refractivity contribution in [1.82, 2.24) is 15.5 Å². The summed E-state index contributed by atoms with van der Waals surface area (Å²) in [6.07, 6.45) is -4.42. The summed E-state index contributed by atoms with van der Waals surface area (Å²) < 4.78 is 36.5. The van der Waals surface area contributed by atoms with Gasteiger partial charge in [-0.15, -0.1) is 0 Å². The first-order valence-electron chi connectivity index (χ1n) is 5.65. The lowest BCUT2D eigenvalue weighted by Gasteiger charge is -2.22. The number of amides is 2. The molecule has 0 aromatic rings. The standard InChI is InChI=1S/C10H18F3N3O3/c1-8(18)14-2-3-15-9(19)6-16(4-5-17)7-10(11,12)13/h17H,2-7H2,1H3,(H,14,18)(H,15,19). The third-order valence-electron chi connectivity index (χ3n) is 2.01. The van der Waals surface area contributed by atoms with E-state index in [4.69, 9.17) is 5.11 Å². The molecule has 0 atom stereocenters. The Morgan fingerprint density at radius 3 is 2.26 bits per heavy atom. The SMILES string of the molecule is CC(=O)NCCNC(=O)CN(CCO)CC(F)(F)F. The van der Waals surface area contributed by atoms with Gasteiger partial charge < -0.3 is 15.7 Å². The number of hydrogen-bond acceptors (Lipinski definition) is 4. The lowest BCUT2D eigenvalue weighted by molar-refractivity contribution is -0.149. The first-order valence-corrected chi connectivity index (χ1v) is 5.65. The molecule has 0 aliphatic rings. The monoisotopic (exact) mass is 285 g/mol. The predicted octanol–water partition coefficient (Wildman–Crippen LogP) is -0.905. The van der Waals surface area contributed by atoms with Crippen LogP contribution in [-0.2, 0) is 9.59 Å². The van der Waals surface area contributed by atoms with Crippen LogP contribution in [-0.4, -0.2) is 67.3 Å². The zero-order chi connectivity index (χ0) is 14.9. The highest BCUT2D eigenvalue weighted by Crippen LogP contribution is 2.15. The Balaban J connectivity index is 3.99. The van der Waals surface area contributed by atoms with Crippen LogP contribution in [0.3, 0.4) is 0 Å². The highest BCUT2D eigenvalue weighted by atomic mass is 19.4. The number of carbonyl (C=O) groups is 2. The van der Waals surface area contributed by atoms with Crippen LogP contribution >= 0.6 is 0 Å². The second-order valence-electron chi connectivity index (χ2n) is 3.88. The van der Waals surface area contributed by atoms with E-state index in [1.54, 1.807) is 0 Å². The summed E-state index contributed by atoms with van der Waals surface area (Å²) >= 11 is 0. The van der Waals surface area contributed by atoms with Gasteiger partial charge in [-0.2, -0.15) is 13.2 Å². The van der Waals surface area contributed by atoms with Crippen LogP contribution < -0.4 is 10.6 Å². The van der Waals surface area contributed by atoms with E-state index in [0.29, 0.717) is 0 Å². The van der Waals surface area contributed by atoms with E-state index < -0.39 is 31.8 Å². The van der Waals surface area contributed by atoms with E-state index in [1.807, 2.05) is 0 Å². The average Bonchev–Trinajstić information content (AvgIpc) is 2.22. The summed E-state index contributed by atoms with van der Waals surface area (Å²) in [7, 11) is 0. The van der Waals surface area contributed by atoms with E-state index in [2.05, 4.69) is 10.6 Å². The summed E-state index contributed by atoms with van der Waals surface area (Å²) in [5, 5.41) is 13.4. The average molecular weight is 285 g/mol. The quantitative estimate of drug-likeness (QED) is 0.505. The minimum Gasteiger partial charge on any atom is -0.395 e. The maximum atomic E-state index is 12.2. The number of aliphatic hydroxyl groups excluding tert-OH is 1. The van der Waals surface area contributed by atoms with Crippen LogP contribution in [0.5, 0.6) is 0 Å². The van der Waals surface area contributed by atoms with E-state index in [9.17, 15) is 22.8 Å². The highest BCUT2D eigenvalue weighted by Gasteiger charge is 2.31. The molecule has 0 saturated carbocycles. The molecule has 112 valence electrons. The Labute approximate surface area is 108 Å². The van der Waals surface area contributed by atoms with E-state index in [-0.39, 0.29) is 25.5 Å². The maximum Gasteiger partial charge on any atom is 0.401 e. The fourth-order valence-corrected chi connectivity index (χ4v) is 1.31. The molecule has 0 heterocycles.